The molecule has 0 amide bonds. The molecule has 5 nitrogen and oxygen atoms in total. The van der Waals surface area contributed by atoms with Gasteiger partial charge in [-0.2, -0.15) is 0 Å². The summed E-state index contributed by atoms with van der Waals surface area (Å²) in [6.45, 7) is 8.81. The minimum Gasteiger partial charge on any atom is -0.468 e. The van der Waals surface area contributed by atoms with Crippen LogP contribution in [0.1, 0.15) is 57.1 Å². The number of allylic oxidation sites excluding steroid dienone is 1. The SMILES string of the molecule is CC=C(C)C(=O)O[C@H]1CC=C2Cc3occ(C)c3[C@@H](O)[C@]2(C)[C@]1(C)O. The van der Waals surface area contributed by atoms with E-state index >= 15 is 0 Å². The largest absolute Gasteiger partial charge is 0.468 e. The van der Waals surface area contributed by atoms with E-state index in [0.717, 1.165) is 22.5 Å². The minimum atomic E-state index is -1.42. The van der Waals surface area contributed by atoms with Crippen molar-refractivity contribution in [3.63, 3.8) is 0 Å². The summed E-state index contributed by atoms with van der Waals surface area (Å²) < 4.78 is 11.2. The molecule has 25 heavy (non-hydrogen) atoms. The predicted molar refractivity (Wildman–Crippen MR) is 92.9 cm³/mol. The van der Waals surface area contributed by atoms with Crippen LogP contribution in [0, 0.1) is 12.3 Å². The summed E-state index contributed by atoms with van der Waals surface area (Å²) in [7, 11) is 0. The van der Waals surface area contributed by atoms with E-state index in [1.54, 1.807) is 33.1 Å². The Labute approximate surface area is 148 Å². The number of hydrogen-bond donors (Lipinski definition) is 2. The Bertz CT molecular complexity index is 767. The molecule has 0 aromatic carbocycles. The van der Waals surface area contributed by atoms with Gasteiger partial charge < -0.3 is 19.4 Å². The Morgan fingerprint density at radius 3 is 2.76 bits per heavy atom. The van der Waals surface area contributed by atoms with E-state index in [4.69, 9.17) is 9.15 Å². The van der Waals surface area contributed by atoms with Gasteiger partial charge in [-0.25, -0.2) is 4.79 Å². The molecule has 0 fully saturated rings. The average molecular weight is 346 g/mol. The third-order valence-corrected chi connectivity index (χ3v) is 6.20. The van der Waals surface area contributed by atoms with Crippen LogP contribution in [0.4, 0.5) is 0 Å². The van der Waals surface area contributed by atoms with Gasteiger partial charge in [-0.3, -0.25) is 0 Å². The highest BCUT2D eigenvalue weighted by Gasteiger charge is 2.60. The Balaban J connectivity index is 2.02. The summed E-state index contributed by atoms with van der Waals surface area (Å²) in [4.78, 5) is 12.2. The van der Waals surface area contributed by atoms with Crippen molar-refractivity contribution in [1.29, 1.82) is 0 Å². The molecule has 3 rings (SSSR count). The van der Waals surface area contributed by atoms with Crippen molar-refractivity contribution >= 4 is 5.97 Å². The highest BCUT2D eigenvalue weighted by atomic mass is 16.6. The van der Waals surface area contributed by atoms with Gasteiger partial charge in [0.05, 0.1) is 17.8 Å². The first-order valence-corrected chi connectivity index (χ1v) is 8.65. The van der Waals surface area contributed by atoms with Gasteiger partial charge in [-0.05, 0) is 33.3 Å². The van der Waals surface area contributed by atoms with Crippen molar-refractivity contribution in [2.45, 2.75) is 65.3 Å². The van der Waals surface area contributed by atoms with Crippen LogP contribution in [-0.2, 0) is 16.0 Å². The Kier molecular flexibility index (Phi) is 4.20. The highest BCUT2D eigenvalue weighted by molar-refractivity contribution is 5.87. The fourth-order valence-electron chi connectivity index (χ4n) is 4.03. The van der Waals surface area contributed by atoms with Crippen molar-refractivity contribution < 1.29 is 24.2 Å². The maximum absolute atomic E-state index is 12.2. The third kappa shape index (κ3) is 2.41. The second kappa shape index (κ2) is 5.85. The summed E-state index contributed by atoms with van der Waals surface area (Å²) in [5, 5.41) is 22.5. The number of furan rings is 1. The number of aryl methyl sites for hydroxylation is 1. The molecule has 136 valence electrons. The number of fused-ring (bicyclic) bond motifs is 2. The van der Waals surface area contributed by atoms with Crippen LogP contribution in [0.2, 0.25) is 0 Å². The van der Waals surface area contributed by atoms with Gasteiger partial charge in [0.2, 0.25) is 0 Å². The van der Waals surface area contributed by atoms with Gasteiger partial charge in [-0.15, -0.1) is 0 Å². The summed E-state index contributed by atoms with van der Waals surface area (Å²) in [6, 6.07) is 0. The maximum Gasteiger partial charge on any atom is 0.333 e. The molecule has 0 saturated carbocycles. The fourth-order valence-corrected chi connectivity index (χ4v) is 4.03. The lowest BCUT2D eigenvalue weighted by Gasteiger charge is -2.54. The molecule has 1 aromatic heterocycles. The molecule has 2 N–H and O–H groups in total. The summed E-state index contributed by atoms with van der Waals surface area (Å²) in [5.74, 6) is 0.295. The number of aliphatic hydroxyl groups excluding tert-OH is 1. The highest BCUT2D eigenvalue weighted by Crippen LogP contribution is 2.58. The molecule has 4 atom stereocenters. The second-order valence-corrected chi connectivity index (χ2v) is 7.52. The number of aliphatic hydroxyl groups is 2. The number of ether oxygens (including phenoxy) is 1. The molecule has 0 bridgehead atoms. The van der Waals surface area contributed by atoms with Crippen molar-refractivity contribution in [3.8, 4) is 0 Å². The maximum atomic E-state index is 12.2. The van der Waals surface area contributed by atoms with Gasteiger partial charge in [-0.1, -0.05) is 24.6 Å². The van der Waals surface area contributed by atoms with Gasteiger partial charge in [0.15, 0.2) is 0 Å². The third-order valence-electron chi connectivity index (χ3n) is 6.20. The van der Waals surface area contributed by atoms with Crippen LogP contribution in [0.15, 0.2) is 34.0 Å². The topological polar surface area (TPSA) is 79.9 Å². The molecule has 0 radical (unpaired) electrons. The van der Waals surface area contributed by atoms with Gasteiger partial charge in [0, 0.05) is 24.0 Å². The molecule has 0 aliphatic heterocycles. The first-order chi connectivity index (χ1) is 11.6. The van der Waals surface area contributed by atoms with Crippen molar-refractivity contribution in [3.05, 3.63) is 46.4 Å². The average Bonchev–Trinajstić information content (AvgIpc) is 2.93. The lowest BCUT2D eigenvalue weighted by molar-refractivity contribution is -0.195. The quantitative estimate of drug-likeness (QED) is 0.488. The molecule has 1 heterocycles. The van der Waals surface area contributed by atoms with E-state index in [9.17, 15) is 15.0 Å². The zero-order valence-electron chi connectivity index (χ0n) is 15.4. The van der Waals surface area contributed by atoms with Gasteiger partial charge >= 0.3 is 5.97 Å². The monoisotopic (exact) mass is 346 g/mol. The number of hydrogen-bond acceptors (Lipinski definition) is 5. The first-order valence-electron chi connectivity index (χ1n) is 8.65. The smallest absolute Gasteiger partial charge is 0.333 e. The molecule has 0 spiro atoms. The van der Waals surface area contributed by atoms with Crippen molar-refractivity contribution in [2.75, 3.05) is 0 Å². The molecule has 2 aliphatic carbocycles. The number of rotatable bonds is 2. The number of carbonyl (C=O) groups excluding carboxylic acids is 1. The van der Waals surface area contributed by atoms with E-state index < -0.39 is 29.2 Å². The van der Waals surface area contributed by atoms with E-state index in [-0.39, 0.29) is 0 Å². The van der Waals surface area contributed by atoms with Crippen LogP contribution >= 0.6 is 0 Å². The minimum absolute atomic E-state index is 0.405. The van der Waals surface area contributed by atoms with E-state index in [2.05, 4.69) is 0 Å². The normalized spacial score (nSPS) is 34.8. The molecule has 1 aromatic rings. The van der Waals surface area contributed by atoms with Gasteiger partial charge in [0.25, 0.3) is 0 Å². The lowest BCUT2D eigenvalue weighted by atomic mass is 9.55. The number of esters is 1. The second-order valence-electron chi connectivity index (χ2n) is 7.52. The van der Waals surface area contributed by atoms with E-state index in [1.807, 2.05) is 19.9 Å². The fraction of sp³-hybridized carbons (Fsp3) is 0.550. The van der Waals surface area contributed by atoms with Crippen molar-refractivity contribution in [2.24, 2.45) is 5.41 Å². The Morgan fingerprint density at radius 2 is 2.12 bits per heavy atom. The first kappa shape index (κ1) is 18.0. The van der Waals surface area contributed by atoms with Crippen LogP contribution < -0.4 is 0 Å². The standard InChI is InChI=1S/C20H26O5/c1-6-11(2)18(22)25-15-8-7-13-9-14-16(12(3)10-24-14)17(21)19(13,4)20(15,5)23/h6-7,10,15,17,21,23H,8-9H2,1-5H3/t15-,17+,19+,20+/m0/s1. The molecule has 5 heteroatoms. The molecular formula is C20H26O5. The van der Waals surface area contributed by atoms with E-state index in [0.29, 0.717) is 18.4 Å². The summed E-state index contributed by atoms with van der Waals surface area (Å²) >= 11 is 0. The van der Waals surface area contributed by atoms with E-state index in [1.165, 1.54) is 0 Å². The Morgan fingerprint density at radius 1 is 1.44 bits per heavy atom. The van der Waals surface area contributed by atoms with Crippen LogP contribution in [0.5, 0.6) is 0 Å². The van der Waals surface area contributed by atoms with Crippen LogP contribution in [0.3, 0.4) is 0 Å². The zero-order chi connectivity index (χ0) is 18.6. The molecule has 2 aliphatic rings. The molecule has 0 unspecified atom stereocenters. The molecule has 0 saturated heterocycles. The Hall–Kier alpha value is -1.85. The summed E-state index contributed by atoms with van der Waals surface area (Å²) in [6.07, 6.45) is 4.57. The predicted octanol–water partition coefficient (Wildman–Crippen LogP) is 3.14. The zero-order valence-corrected chi connectivity index (χ0v) is 15.4. The van der Waals surface area contributed by atoms with Gasteiger partial charge in [0.1, 0.15) is 17.5 Å². The van der Waals surface area contributed by atoms with Crippen LogP contribution in [-0.4, -0.2) is 27.9 Å². The van der Waals surface area contributed by atoms with Crippen LogP contribution in [0.25, 0.3) is 0 Å². The number of carbonyl (C=O) groups is 1. The summed E-state index contributed by atoms with van der Waals surface area (Å²) in [5.41, 5.74) is 0.636. The molecular weight excluding hydrogens is 320 g/mol. The lowest BCUT2D eigenvalue weighted by Crippen LogP contribution is -2.60. The van der Waals surface area contributed by atoms with Crippen molar-refractivity contribution in [1.82, 2.24) is 0 Å².